The molecule has 0 atom stereocenters. The van der Waals surface area contributed by atoms with E-state index in [4.69, 9.17) is 29.2 Å². The third-order valence-electron chi connectivity index (χ3n) is 3.81. The lowest BCUT2D eigenvalue weighted by Crippen LogP contribution is -1.99. The minimum Gasteiger partial charge on any atom is -0.492 e. The van der Waals surface area contributed by atoms with E-state index in [0.717, 1.165) is 27.6 Å². The predicted octanol–water partition coefficient (Wildman–Crippen LogP) is 3.93. The number of methoxy groups -OCH3 is 4. The van der Waals surface area contributed by atoms with E-state index in [-0.39, 0.29) is 0 Å². The van der Waals surface area contributed by atoms with Gasteiger partial charge in [-0.15, -0.1) is 0 Å². The Morgan fingerprint density at radius 2 is 1.04 bits per heavy atom. The van der Waals surface area contributed by atoms with Crippen molar-refractivity contribution < 1.29 is 23.7 Å². The smallest absolute Gasteiger partial charge is 0.231 e. The topological polar surface area (TPSA) is 77.8 Å². The molecule has 0 aliphatic heterocycles. The van der Waals surface area contributed by atoms with Crippen molar-refractivity contribution in [3.8, 4) is 23.0 Å². The lowest BCUT2D eigenvalue weighted by Gasteiger charge is -2.19. The van der Waals surface area contributed by atoms with Crippen LogP contribution in [0.4, 0.5) is 0 Å². The van der Waals surface area contributed by atoms with Crippen LogP contribution in [0.3, 0.4) is 0 Å². The van der Waals surface area contributed by atoms with Gasteiger partial charge in [0.05, 0.1) is 28.4 Å². The van der Waals surface area contributed by atoms with Gasteiger partial charge in [0.1, 0.15) is 0 Å². The summed E-state index contributed by atoms with van der Waals surface area (Å²) in [5, 5.41) is 9.51. The molecule has 0 saturated heterocycles. The van der Waals surface area contributed by atoms with Crippen LogP contribution in [-0.4, -0.2) is 34.5 Å². The third-order valence-corrected chi connectivity index (χ3v) is 3.81. The molecule has 3 rings (SSSR count). The molecule has 3 aromatic rings. The average Bonchev–Trinajstić information content (AvgIpc) is 2.64. The molecule has 0 unspecified atom stereocenters. The fourth-order valence-corrected chi connectivity index (χ4v) is 2.84. The number of fused-ring (bicyclic) bond motifs is 2. The second kappa shape index (κ2) is 8.04. The first-order valence-electron chi connectivity index (χ1n) is 7.39. The number of nitrogens with one attached hydrogen (secondary N) is 1. The molecule has 3 aromatic carbocycles. The minimum atomic E-state index is 0.532. The predicted molar refractivity (Wildman–Crippen MR) is 96.1 cm³/mol. The molecule has 0 saturated carbocycles. The highest BCUT2D eigenvalue weighted by molar-refractivity contribution is 6.06. The molecule has 0 heterocycles. The normalized spacial score (nSPS) is 9.76. The summed E-state index contributed by atoms with van der Waals surface area (Å²) in [5.74, 6) is 2.34. The van der Waals surface area contributed by atoms with Crippen LogP contribution in [0.25, 0.3) is 21.5 Å². The SMILES string of the molecule is COc1c(OC)c(OC)c2cc3ccccc3cc2c1OC.N=C=O. The number of hydrogen-bond acceptors (Lipinski definition) is 6. The highest BCUT2D eigenvalue weighted by Crippen LogP contribution is 2.51. The van der Waals surface area contributed by atoms with Crippen molar-refractivity contribution in [2.75, 3.05) is 28.4 Å². The Labute approximate surface area is 145 Å². The molecule has 6 nitrogen and oxygen atoms in total. The molecule has 25 heavy (non-hydrogen) atoms. The molecule has 0 amide bonds. The first kappa shape index (κ1) is 18.1. The Balaban J connectivity index is 0.000000701. The molecule has 0 aliphatic rings. The van der Waals surface area contributed by atoms with Gasteiger partial charge in [0, 0.05) is 10.8 Å². The quantitative estimate of drug-likeness (QED) is 0.442. The maximum atomic E-state index is 8.35. The Bertz CT molecular complexity index is 860. The van der Waals surface area contributed by atoms with E-state index >= 15 is 0 Å². The van der Waals surface area contributed by atoms with Crippen molar-refractivity contribution in [1.29, 1.82) is 5.41 Å². The second-order valence-corrected chi connectivity index (χ2v) is 4.98. The first-order chi connectivity index (χ1) is 12.2. The van der Waals surface area contributed by atoms with Crippen molar-refractivity contribution in [3.05, 3.63) is 36.4 Å². The van der Waals surface area contributed by atoms with Gasteiger partial charge in [-0.3, -0.25) is 0 Å². The van der Waals surface area contributed by atoms with Gasteiger partial charge in [0.25, 0.3) is 0 Å². The van der Waals surface area contributed by atoms with Crippen LogP contribution in [0.1, 0.15) is 0 Å². The number of carbonyl (C=O) groups excluding carboxylic acids is 1. The van der Waals surface area contributed by atoms with Gasteiger partial charge in [-0.05, 0) is 22.9 Å². The van der Waals surface area contributed by atoms with Crippen molar-refractivity contribution in [3.63, 3.8) is 0 Å². The molecule has 0 radical (unpaired) electrons. The molecule has 0 aromatic heterocycles. The Morgan fingerprint density at radius 1 is 0.720 bits per heavy atom. The van der Waals surface area contributed by atoms with Gasteiger partial charge in [-0.1, -0.05) is 24.3 Å². The average molecular weight is 341 g/mol. The van der Waals surface area contributed by atoms with Crippen LogP contribution in [0.2, 0.25) is 0 Å². The summed E-state index contributed by atoms with van der Waals surface area (Å²) in [7, 11) is 6.43. The molecule has 1 N–H and O–H groups in total. The highest BCUT2D eigenvalue weighted by atomic mass is 16.5. The fraction of sp³-hybridized carbons (Fsp3) is 0.211. The minimum absolute atomic E-state index is 0.532. The maximum Gasteiger partial charge on any atom is 0.231 e. The summed E-state index contributed by atoms with van der Waals surface area (Å²) in [4.78, 5) is 8.35. The van der Waals surface area contributed by atoms with E-state index in [2.05, 4.69) is 24.3 Å². The van der Waals surface area contributed by atoms with Gasteiger partial charge in [0.2, 0.25) is 17.6 Å². The first-order valence-corrected chi connectivity index (χ1v) is 7.39. The summed E-state index contributed by atoms with van der Waals surface area (Å²) in [6.45, 7) is 0. The van der Waals surface area contributed by atoms with Gasteiger partial charge < -0.3 is 18.9 Å². The van der Waals surface area contributed by atoms with Crippen molar-refractivity contribution >= 4 is 27.6 Å². The van der Waals surface area contributed by atoms with Crippen molar-refractivity contribution in [2.45, 2.75) is 0 Å². The van der Waals surface area contributed by atoms with Gasteiger partial charge >= 0.3 is 0 Å². The van der Waals surface area contributed by atoms with Crippen molar-refractivity contribution in [1.82, 2.24) is 0 Å². The number of ether oxygens (including phenoxy) is 4. The number of benzene rings is 3. The number of rotatable bonds is 4. The van der Waals surface area contributed by atoms with E-state index in [9.17, 15) is 0 Å². The molecular formula is C19H19NO5. The zero-order valence-electron chi connectivity index (χ0n) is 14.5. The molecular weight excluding hydrogens is 322 g/mol. The van der Waals surface area contributed by atoms with E-state index in [1.165, 1.54) is 0 Å². The summed E-state index contributed by atoms with van der Waals surface area (Å²) in [6, 6.07) is 12.3. The second-order valence-electron chi connectivity index (χ2n) is 4.98. The monoisotopic (exact) mass is 341 g/mol. The van der Waals surface area contributed by atoms with Crippen LogP contribution in [0.5, 0.6) is 23.0 Å². The van der Waals surface area contributed by atoms with Crippen LogP contribution in [0.15, 0.2) is 36.4 Å². The van der Waals surface area contributed by atoms with Gasteiger partial charge in [-0.25, -0.2) is 10.2 Å². The lowest BCUT2D eigenvalue weighted by atomic mass is 10.0. The van der Waals surface area contributed by atoms with Gasteiger partial charge in [-0.2, -0.15) is 0 Å². The van der Waals surface area contributed by atoms with Crippen LogP contribution < -0.4 is 18.9 Å². The standard InChI is InChI=1S/C18H18O4.CHNO/c1-19-15-13-9-11-7-5-6-8-12(11)10-14(13)16(20-2)18(22-4)17(15)21-3;2-1-3/h5-10H,1-4H3;2H. The van der Waals surface area contributed by atoms with Crippen LogP contribution in [0, 0.1) is 5.41 Å². The largest absolute Gasteiger partial charge is 0.492 e. The Hall–Kier alpha value is -3.24. The number of isocyanates is 1. The van der Waals surface area contributed by atoms with E-state index in [0.29, 0.717) is 23.0 Å². The van der Waals surface area contributed by atoms with Crippen LogP contribution in [-0.2, 0) is 4.79 Å². The third kappa shape index (κ3) is 3.20. The zero-order chi connectivity index (χ0) is 18.4. The Morgan fingerprint density at radius 3 is 1.32 bits per heavy atom. The Kier molecular flexibility index (Phi) is 5.82. The maximum absolute atomic E-state index is 8.35. The summed E-state index contributed by atoms with van der Waals surface area (Å²) < 4.78 is 22.1. The van der Waals surface area contributed by atoms with E-state index in [1.54, 1.807) is 28.4 Å². The number of hydrogen-bond donors (Lipinski definition) is 1. The van der Waals surface area contributed by atoms with E-state index < -0.39 is 0 Å². The summed E-state index contributed by atoms with van der Waals surface area (Å²) in [5.41, 5.74) is 0. The van der Waals surface area contributed by atoms with Crippen LogP contribution >= 0.6 is 0 Å². The molecule has 0 spiro atoms. The zero-order valence-corrected chi connectivity index (χ0v) is 14.5. The molecule has 130 valence electrons. The fourth-order valence-electron chi connectivity index (χ4n) is 2.84. The summed E-state index contributed by atoms with van der Waals surface area (Å²) >= 11 is 0. The van der Waals surface area contributed by atoms with E-state index in [1.807, 2.05) is 12.1 Å². The lowest BCUT2D eigenvalue weighted by molar-refractivity contribution is 0.309. The van der Waals surface area contributed by atoms with Crippen molar-refractivity contribution in [2.24, 2.45) is 0 Å². The molecule has 0 aliphatic carbocycles. The van der Waals surface area contributed by atoms with Gasteiger partial charge in [0.15, 0.2) is 11.5 Å². The molecule has 0 bridgehead atoms. The molecule has 6 heteroatoms. The molecule has 0 fully saturated rings. The highest BCUT2D eigenvalue weighted by Gasteiger charge is 2.23. The summed E-state index contributed by atoms with van der Waals surface area (Å²) in [6.07, 6.45) is 0.750.